The van der Waals surface area contributed by atoms with Gasteiger partial charge in [0.2, 0.25) is 0 Å². The molecule has 0 heterocycles. The highest BCUT2D eigenvalue weighted by atomic mass is 19.4. The highest BCUT2D eigenvalue weighted by Crippen LogP contribution is 2.21. The van der Waals surface area contributed by atoms with Crippen molar-refractivity contribution in [3.63, 3.8) is 0 Å². The van der Waals surface area contributed by atoms with Crippen molar-refractivity contribution in [1.29, 1.82) is 0 Å². The number of rotatable bonds is 3. The minimum absolute atomic E-state index is 0.0729. The lowest BCUT2D eigenvalue weighted by Crippen LogP contribution is -2.18. The Hall–Kier alpha value is -0.405. The van der Waals surface area contributed by atoms with Gasteiger partial charge < -0.3 is 12.9 Å². The first-order chi connectivity index (χ1) is 3.98. The van der Waals surface area contributed by atoms with Crippen LogP contribution in [-0.2, 0) is 0 Å². The van der Waals surface area contributed by atoms with Crippen molar-refractivity contribution < 1.29 is 12.9 Å². The van der Waals surface area contributed by atoms with Crippen LogP contribution < -0.4 is 0 Å². The summed E-state index contributed by atoms with van der Waals surface area (Å²) in [7, 11) is 0. The van der Waals surface area contributed by atoms with Gasteiger partial charge in [-0.05, 0) is 0 Å². The quantitative estimate of drug-likeness (QED) is 0.524. The summed E-state index contributed by atoms with van der Waals surface area (Å²) in [5.74, 6) is 0. The zero-order valence-corrected chi connectivity index (χ0v) is 5.33. The fourth-order valence-corrected chi connectivity index (χ4v) is 0.485. The first-order valence-electron chi connectivity index (χ1n) is 2.86. The van der Waals surface area contributed by atoms with Gasteiger partial charge in [-0.2, -0.15) is 0 Å². The molecule has 0 fully saturated rings. The van der Waals surface area contributed by atoms with Gasteiger partial charge >= 0.3 is 6.98 Å². The Morgan fingerprint density at radius 3 is 2.00 bits per heavy atom. The highest BCUT2D eigenvalue weighted by Gasteiger charge is 2.25. The normalized spacial score (nSPS) is 11.6. The summed E-state index contributed by atoms with van der Waals surface area (Å²) in [5, 5.41) is 0. The van der Waals surface area contributed by atoms with E-state index < -0.39 is 12.4 Å². The topological polar surface area (TPSA) is 0 Å². The summed E-state index contributed by atoms with van der Waals surface area (Å²) in [4.78, 5) is 0. The summed E-state index contributed by atoms with van der Waals surface area (Å²) in [6.07, 6.45) is 0.587. The highest BCUT2D eigenvalue weighted by molar-refractivity contribution is 6.66. The second-order valence-corrected chi connectivity index (χ2v) is 1.98. The van der Waals surface area contributed by atoms with Crippen LogP contribution >= 0.6 is 0 Å². The maximum atomic E-state index is 11.6. The fraction of sp³-hybridized carbons (Fsp3) is 0.600. The average molecular weight is 137 g/mol. The maximum Gasteiger partial charge on any atom is 0.505 e. The zero-order valence-electron chi connectivity index (χ0n) is 5.33. The molecule has 0 atom stereocenters. The van der Waals surface area contributed by atoms with Crippen LogP contribution in [0.1, 0.15) is 19.8 Å². The number of hydrogen-bond acceptors (Lipinski definition) is 0. The van der Waals surface area contributed by atoms with Crippen LogP contribution in [0.3, 0.4) is 0 Å². The molecule has 0 unspecified atom stereocenters. The molecular weight excluding hydrogens is 128 g/mol. The first kappa shape index (κ1) is 8.59. The van der Waals surface area contributed by atoms with Crippen molar-refractivity contribution in [1.82, 2.24) is 0 Å². The van der Waals surface area contributed by atoms with E-state index in [4.69, 9.17) is 0 Å². The third kappa shape index (κ3) is 3.22. The minimum atomic E-state index is -4.77. The number of allylic oxidation sites excluding steroid dienone is 1. The molecule has 0 amide bonds. The zero-order chi connectivity index (χ0) is 7.49. The summed E-state index contributed by atoms with van der Waals surface area (Å²) < 4.78 is 34.8. The van der Waals surface area contributed by atoms with Gasteiger partial charge in [0.25, 0.3) is 0 Å². The Balaban J connectivity index is 3.74. The van der Waals surface area contributed by atoms with Gasteiger partial charge in [-0.1, -0.05) is 19.8 Å². The molecule has 9 heavy (non-hydrogen) atoms. The molecule has 0 aliphatic heterocycles. The fourth-order valence-electron chi connectivity index (χ4n) is 0.485. The Morgan fingerprint density at radius 2 is 1.89 bits per heavy atom. The van der Waals surface area contributed by atoms with Gasteiger partial charge in [-0.15, -0.1) is 12.1 Å². The van der Waals surface area contributed by atoms with Crippen LogP contribution in [-0.4, -0.2) is 6.98 Å². The molecule has 0 aromatic carbocycles. The van der Waals surface area contributed by atoms with Gasteiger partial charge in [0, 0.05) is 0 Å². The van der Waals surface area contributed by atoms with Crippen LogP contribution in [0.15, 0.2) is 12.1 Å². The Labute approximate surface area is 52.8 Å². The number of hydrogen-bond donors (Lipinski definition) is 0. The number of halogens is 3. The van der Waals surface area contributed by atoms with Crippen molar-refractivity contribution in [2.75, 3.05) is 0 Å². The van der Waals surface area contributed by atoms with Gasteiger partial charge in [0.1, 0.15) is 0 Å². The van der Waals surface area contributed by atoms with Crippen molar-refractivity contribution in [3.8, 4) is 0 Å². The molecule has 4 heteroatoms. The first-order valence-corrected chi connectivity index (χ1v) is 2.86. The van der Waals surface area contributed by atoms with E-state index in [0.29, 0.717) is 6.42 Å². The summed E-state index contributed by atoms with van der Waals surface area (Å²) in [6, 6.07) is 0. The molecule has 0 saturated heterocycles. The molecule has 0 nitrogen and oxygen atoms in total. The molecule has 0 aromatic rings. The van der Waals surface area contributed by atoms with E-state index >= 15 is 0 Å². The molecule has 0 saturated carbocycles. The molecule has 0 N–H and O–H groups in total. The molecule has 0 rings (SSSR count). The Bertz CT molecular complexity index is 105. The van der Waals surface area contributed by atoms with Gasteiger partial charge in [-0.3, -0.25) is 0 Å². The monoisotopic (exact) mass is 137 g/mol. The SMILES string of the molecule is C=C(CCC)[B-](F)(F)F. The predicted octanol–water partition coefficient (Wildman–Crippen LogP) is 2.73. The third-order valence-corrected chi connectivity index (χ3v) is 1.03. The third-order valence-electron chi connectivity index (χ3n) is 1.03. The smallest absolute Gasteiger partial charge is 0.445 e. The van der Waals surface area contributed by atoms with E-state index in [0.717, 1.165) is 0 Å². The van der Waals surface area contributed by atoms with Crippen molar-refractivity contribution >= 4 is 6.98 Å². The minimum Gasteiger partial charge on any atom is -0.445 e. The van der Waals surface area contributed by atoms with E-state index in [1.807, 2.05) is 0 Å². The van der Waals surface area contributed by atoms with Crippen LogP contribution in [0.2, 0.25) is 0 Å². The van der Waals surface area contributed by atoms with Crippen molar-refractivity contribution in [2.45, 2.75) is 19.8 Å². The standard InChI is InChI=1S/C5H9BF3/c1-3-4-5(2)6(7,8)9/h2-4H2,1H3/q-1. The van der Waals surface area contributed by atoms with Crippen molar-refractivity contribution in [2.24, 2.45) is 0 Å². The molecule has 0 bridgehead atoms. The van der Waals surface area contributed by atoms with E-state index in [1.54, 1.807) is 6.92 Å². The maximum absolute atomic E-state index is 11.6. The second kappa shape index (κ2) is 2.94. The molecular formula is C5H9BF3-. The van der Waals surface area contributed by atoms with Crippen LogP contribution in [0, 0.1) is 0 Å². The molecule has 0 radical (unpaired) electrons. The summed E-state index contributed by atoms with van der Waals surface area (Å²) in [5.41, 5.74) is -0.572. The largest absolute Gasteiger partial charge is 0.505 e. The van der Waals surface area contributed by atoms with E-state index in [9.17, 15) is 12.9 Å². The lowest BCUT2D eigenvalue weighted by Gasteiger charge is -2.16. The lowest BCUT2D eigenvalue weighted by molar-refractivity contribution is 0.485. The molecule has 0 aliphatic carbocycles. The van der Waals surface area contributed by atoms with Crippen LogP contribution in [0.25, 0.3) is 0 Å². The molecule has 0 spiro atoms. The van der Waals surface area contributed by atoms with Gasteiger partial charge in [0.15, 0.2) is 0 Å². The van der Waals surface area contributed by atoms with Gasteiger partial charge in [0.05, 0.1) is 0 Å². The van der Waals surface area contributed by atoms with Crippen LogP contribution in [0.4, 0.5) is 12.9 Å². The van der Waals surface area contributed by atoms with Crippen LogP contribution in [0.5, 0.6) is 0 Å². The van der Waals surface area contributed by atoms with Crippen molar-refractivity contribution in [3.05, 3.63) is 12.1 Å². The molecule has 54 valence electrons. The Kier molecular flexibility index (Phi) is 2.81. The molecule has 0 aliphatic rings. The lowest BCUT2D eigenvalue weighted by atomic mass is 9.78. The molecule has 0 aromatic heterocycles. The van der Waals surface area contributed by atoms with E-state index in [2.05, 4.69) is 6.58 Å². The summed E-state index contributed by atoms with van der Waals surface area (Å²) >= 11 is 0. The predicted molar refractivity (Wildman–Crippen MR) is 33.1 cm³/mol. The average Bonchev–Trinajstić information content (AvgIpc) is 1.64. The second-order valence-electron chi connectivity index (χ2n) is 1.98. The Morgan fingerprint density at radius 1 is 1.44 bits per heavy atom. The van der Waals surface area contributed by atoms with Gasteiger partial charge in [-0.25, -0.2) is 0 Å². The van der Waals surface area contributed by atoms with E-state index in [-0.39, 0.29) is 6.42 Å². The summed E-state index contributed by atoms with van der Waals surface area (Å²) in [6.45, 7) is -0.146. The van der Waals surface area contributed by atoms with E-state index in [1.165, 1.54) is 0 Å².